The quantitative estimate of drug-likeness (QED) is 0.878. The molecule has 2 rings (SSSR count). The first-order valence-electron chi connectivity index (χ1n) is 6.41. The first-order chi connectivity index (χ1) is 9.43. The minimum absolute atomic E-state index is 0.0583. The van der Waals surface area contributed by atoms with Crippen LogP contribution >= 0.6 is 15.9 Å². The maximum atomic E-state index is 13.5. The van der Waals surface area contributed by atoms with E-state index < -0.39 is 23.1 Å². The van der Waals surface area contributed by atoms with Crippen LogP contribution in [-0.4, -0.2) is 17.0 Å². The average Bonchev–Trinajstić information content (AvgIpc) is 2.83. The Labute approximate surface area is 124 Å². The van der Waals surface area contributed by atoms with Crippen LogP contribution < -0.4 is 5.32 Å². The van der Waals surface area contributed by atoms with Crippen LogP contribution in [0.5, 0.6) is 0 Å². The predicted molar refractivity (Wildman–Crippen MR) is 75.9 cm³/mol. The van der Waals surface area contributed by atoms with Crippen LogP contribution in [0.2, 0.25) is 0 Å². The molecule has 1 saturated carbocycles. The largest absolute Gasteiger partial charge is 0.481 e. The van der Waals surface area contributed by atoms with Gasteiger partial charge in [-0.1, -0.05) is 28.8 Å². The van der Waals surface area contributed by atoms with E-state index in [9.17, 15) is 19.1 Å². The molecule has 1 amide bonds. The summed E-state index contributed by atoms with van der Waals surface area (Å²) in [5, 5.41) is 11.8. The summed E-state index contributed by atoms with van der Waals surface area (Å²) in [6, 6.07) is 4.22. The van der Waals surface area contributed by atoms with Crippen LogP contribution in [0.4, 0.5) is 10.1 Å². The van der Waals surface area contributed by atoms with E-state index in [-0.39, 0.29) is 12.1 Å². The molecule has 1 fully saturated rings. The monoisotopic (exact) mass is 343 g/mol. The Balaban J connectivity index is 2.08. The van der Waals surface area contributed by atoms with Gasteiger partial charge in [-0.3, -0.25) is 9.59 Å². The fourth-order valence-electron chi connectivity index (χ4n) is 2.61. The molecular formula is C14H15BrFNO3. The zero-order valence-electron chi connectivity index (χ0n) is 10.8. The second-order valence-corrected chi connectivity index (χ2v) is 6.06. The predicted octanol–water partition coefficient (Wildman–Crippen LogP) is 3.56. The van der Waals surface area contributed by atoms with Crippen molar-refractivity contribution in [1.29, 1.82) is 0 Å². The third-order valence-corrected chi connectivity index (χ3v) is 4.21. The lowest BCUT2D eigenvalue weighted by Crippen LogP contribution is -2.32. The number of carboxylic acids is 1. The van der Waals surface area contributed by atoms with Gasteiger partial charge in [-0.2, -0.15) is 0 Å². The normalized spacial score (nSPS) is 16.9. The molecule has 1 aliphatic rings. The molecule has 1 aromatic rings. The number of nitrogens with one attached hydrogen (secondary N) is 1. The Kier molecular flexibility index (Phi) is 4.42. The topological polar surface area (TPSA) is 66.4 Å². The summed E-state index contributed by atoms with van der Waals surface area (Å²) in [6.45, 7) is 0. The van der Waals surface area contributed by atoms with Crippen molar-refractivity contribution in [2.24, 2.45) is 5.41 Å². The number of hydrogen-bond donors (Lipinski definition) is 2. The molecule has 6 heteroatoms. The number of hydrogen-bond acceptors (Lipinski definition) is 2. The van der Waals surface area contributed by atoms with Gasteiger partial charge in [0.05, 0.1) is 11.1 Å². The van der Waals surface area contributed by atoms with Crippen molar-refractivity contribution in [3.05, 3.63) is 28.5 Å². The Morgan fingerprint density at radius 1 is 1.35 bits per heavy atom. The molecule has 0 atom stereocenters. The van der Waals surface area contributed by atoms with E-state index in [1.165, 1.54) is 18.2 Å². The highest BCUT2D eigenvalue weighted by Gasteiger charge is 2.43. The maximum Gasteiger partial charge on any atom is 0.310 e. The van der Waals surface area contributed by atoms with Crippen LogP contribution in [-0.2, 0) is 9.59 Å². The Bertz CT molecular complexity index is 541. The van der Waals surface area contributed by atoms with Gasteiger partial charge in [0.15, 0.2) is 0 Å². The van der Waals surface area contributed by atoms with Crippen molar-refractivity contribution >= 4 is 33.5 Å². The van der Waals surface area contributed by atoms with E-state index in [0.29, 0.717) is 17.3 Å². The highest BCUT2D eigenvalue weighted by Crippen LogP contribution is 2.41. The summed E-state index contributed by atoms with van der Waals surface area (Å²) in [6.07, 6.45) is 2.50. The van der Waals surface area contributed by atoms with Crippen molar-refractivity contribution in [2.45, 2.75) is 32.1 Å². The molecule has 0 bridgehead atoms. The fourth-order valence-corrected chi connectivity index (χ4v) is 2.97. The summed E-state index contributed by atoms with van der Waals surface area (Å²) in [4.78, 5) is 23.4. The number of halogens is 2. The van der Waals surface area contributed by atoms with Gasteiger partial charge < -0.3 is 10.4 Å². The van der Waals surface area contributed by atoms with Crippen molar-refractivity contribution < 1.29 is 19.1 Å². The van der Waals surface area contributed by atoms with E-state index in [4.69, 9.17) is 0 Å². The third kappa shape index (κ3) is 3.17. The van der Waals surface area contributed by atoms with Crippen molar-refractivity contribution in [2.75, 3.05) is 5.32 Å². The minimum Gasteiger partial charge on any atom is -0.481 e. The van der Waals surface area contributed by atoms with Crippen LogP contribution in [0.1, 0.15) is 32.1 Å². The smallest absolute Gasteiger partial charge is 0.310 e. The standard InChI is InChI=1S/C14H15BrFNO3/c15-9-3-4-10(16)11(7-9)17-12(18)8-14(13(19)20)5-1-2-6-14/h3-4,7H,1-2,5-6,8H2,(H,17,18)(H,19,20). The first kappa shape index (κ1) is 15.0. The first-order valence-corrected chi connectivity index (χ1v) is 7.21. The highest BCUT2D eigenvalue weighted by atomic mass is 79.9. The molecule has 2 N–H and O–H groups in total. The lowest BCUT2D eigenvalue weighted by atomic mass is 9.82. The van der Waals surface area contributed by atoms with Gasteiger partial charge in [0, 0.05) is 10.9 Å². The Hall–Kier alpha value is -1.43. The number of carbonyl (C=O) groups is 2. The van der Waals surface area contributed by atoms with Crippen molar-refractivity contribution in [3.63, 3.8) is 0 Å². The Morgan fingerprint density at radius 3 is 2.60 bits per heavy atom. The third-order valence-electron chi connectivity index (χ3n) is 3.72. The molecular weight excluding hydrogens is 329 g/mol. The molecule has 0 radical (unpaired) electrons. The van der Waals surface area contributed by atoms with Crippen molar-refractivity contribution in [1.82, 2.24) is 0 Å². The molecule has 0 unspecified atom stereocenters. The van der Waals surface area contributed by atoms with E-state index in [0.717, 1.165) is 12.8 Å². The molecule has 1 aliphatic carbocycles. The lowest BCUT2D eigenvalue weighted by Gasteiger charge is -2.22. The zero-order valence-corrected chi connectivity index (χ0v) is 12.4. The molecule has 4 nitrogen and oxygen atoms in total. The summed E-state index contributed by atoms with van der Waals surface area (Å²) in [5.74, 6) is -1.96. The minimum atomic E-state index is -0.993. The lowest BCUT2D eigenvalue weighted by molar-refractivity contribution is -0.150. The maximum absolute atomic E-state index is 13.5. The number of aliphatic carboxylic acids is 1. The molecule has 0 saturated heterocycles. The number of benzene rings is 1. The van der Waals surface area contributed by atoms with Gasteiger partial charge in [0.25, 0.3) is 0 Å². The van der Waals surface area contributed by atoms with Crippen LogP contribution in [0.15, 0.2) is 22.7 Å². The van der Waals surface area contributed by atoms with Gasteiger partial charge in [0.1, 0.15) is 5.82 Å². The van der Waals surface area contributed by atoms with Crippen LogP contribution in [0, 0.1) is 11.2 Å². The SMILES string of the molecule is O=C(CC1(C(=O)O)CCCC1)Nc1cc(Br)ccc1F. The van der Waals surface area contributed by atoms with Gasteiger partial charge in [-0.15, -0.1) is 0 Å². The van der Waals surface area contributed by atoms with E-state index >= 15 is 0 Å². The summed E-state index contributed by atoms with van der Waals surface area (Å²) in [7, 11) is 0. The summed E-state index contributed by atoms with van der Waals surface area (Å²) < 4.78 is 14.2. The van der Waals surface area contributed by atoms with Gasteiger partial charge in [0.2, 0.25) is 5.91 Å². The van der Waals surface area contributed by atoms with Gasteiger partial charge >= 0.3 is 5.97 Å². The number of carbonyl (C=O) groups excluding carboxylic acids is 1. The second kappa shape index (κ2) is 5.91. The molecule has 108 valence electrons. The van der Waals surface area contributed by atoms with Gasteiger partial charge in [-0.25, -0.2) is 4.39 Å². The number of carboxylic acid groups (broad SMARTS) is 1. The molecule has 0 spiro atoms. The Morgan fingerprint density at radius 2 is 2.00 bits per heavy atom. The number of anilines is 1. The molecule has 20 heavy (non-hydrogen) atoms. The van der Waals surface area contributed by atoms with Crippen LogP contribution in [0.3, 0.4) is 0 Å². The molecule has 0 aliphatic heterocycles. The van der Waals surface area contributed by atoms with E-state index in [1.807, 2.05) is 0 Å². The molecule has 0 aromatic heterocycles. The molecule has 1 aromatic carbocycles. The second-order valence-electron chi connectivity index (χ2n) is 5.14. The van der Waals surface area contributed by atoms with Crippen molar-refractivity contribution in [3.8, 4) is 0 Å². The fraction of sp³-hybridized carbons (Fsp3) is 0.429. The number of amides is 1. The van der Waals surface area contributed by atoms with E-state index in [1.54, 1.807) is 0 Å². The van der Waals surface area contributed by atoms with E-state index in [2.05, 4.69) is 21.2 Å². The summed E-state index contributed by atoms with van der Waals surface area (Å²) >= 11 is 3.20. The average molecular weight is 344 g/mol. The summed E-state index contributed by atoms with van der Waals surface area (Å²) in [5.41, 5.74) is -0.935. The molecule has 0 heterocycles. The van der Waals surface area contributed by atoms with Crippen LogP contribution in [0.25, 0.3) is 0 Å². The number of rotatable bonds is 4. The van der Waals surface area contributed by atoms with Gasteiger partial charge in [-0.05, 0) is 31.0 Å². The highest BCUT2D eigenvalue weighted by molar-refractivity contribution is 9.10. The zero-order chi connectivity index (χ0) is 14.8.